The molecule has 0 aliphatic carbocycles. The molecule has 0 unspecified atom stereocenters. The molecule has 0 aliphatic rings. The van der Waals surface area contributed by atoms with E-state index < -0.39 is 21.7 Å². The van der Waals surface area contributed by atoms with Crippen molar-refractivity contribution in [1.82, 2.24) is 9.55 Å². The van der Waals surface area contributed by atoms with E-state index >= 15 is 0 Å². The van der Waals surface area contributed by atoms with Crippen LogP contribution in [0.3, 0.4) is 0 Å². The molecule has 114 valence electrons. The van der Waals surface area contributed by atoms with Gasteiger partial charge in [-0.25, -0.2) is 22.2 Å². The molecule has 0 bridgehead atoms. The molecule has 5 nitrogen and oxygen atoms in total. The van der Waals surface area contributed by atoms with Crippen molar-refractivity contribution >= 4 is 26.7 Å². The first-order valence-electron chi connectivity index (χ1n) is 6.26. The van der Waals surface area contributed by atoms with Gasteiger partial charge in [-0.3, -0.25) is 4.72 Å². The van der Waals surface area contributed by atoms with E-state index in [-0.39, 0.29) is 10.6 Å². The summed E-state index contributed by atoms with van der Waals surface area (Å²) in [7, 11) is -2.21. The van der Waals surface area contributed by atoms with Crippen LogP contribution in [-0.4, -0.2) is 18.0 Å². The molecule has 1 aromatic heterocycles. The predicted molar refractivity (Wildman–Crippen MR) is 77.9 cm³/mol. The quantitative estimate of drug-likeness (QED) is 0.806. The maximum Gasteiger partial charge on any atom is 0.262 e. The number of sulfonamides is 1. The predicted octanol–water partition coefficient (Wildman–Crippen LogP) is 2.65. The molecule has 22 heavy (non-hydrogen) atoms. The van der Waals surface area contributed by atoms with Crippen molar-refractivity contribution < 1.29 is 17.2 Å². The van der Waals surface area contributed by atoms with Crippen LogP contribution >= 0.6 is 0 Å². The van der Waals surface area contributed by atoms with Crippen molar-refractivity contribution in [2.75, 3.05) is 4.72 Å². The Hall–Kier alpha value is -2.48. The number of benzene rings is 2. The van der Waals surface area contributed by atoms with Gasteiger partial charge in [-0.05, 0) is 30.3 Å². The number of aromatic nitrogens is 2. The SMILES string of the molecule is Cn1cnc2cc(S(=O)(=O)Nc3ccc(F)cc3F)ccc21. The van der Waals surface area contributed by atoms with Crippen molar-refractivity contribution in [1.29, 1.82) is 0 Å². The van der Waals surface area contributed by atoms with Gasteiger partial charge >= 0.3 is 0 Å². The molecular formula is C14H11F2N3O2S. The fourth-order valence-corrected chi connectivity index (χ4v) is 3.15. The van der Waals surface area contributed by atoms with Gasteiger partial charge in [0.05, 0.1) is 27.9 Å². The molecule has 1 N–H and O–H groups in total. The number of hydrogen-bond acceptors (Lipinski definition) is 3. The maximum atomic E-state index is 13.6. The Morgan fingerprint density at radius 1 is 1.14 bits per heavy atom. The summed E-state index contributed by atoms with van der Waals surface area (Å²) < 4.78 is 54.8. The average Bonchev–Trinajstić information content (AvgIpc) is 2.83. The Balaban J connectivity index is 2.00. The lowest BCUT2D eigenvalue weighted by molar-refractivity contribution is 0.583. The minimum Gasteiger partial charge on any atom is -0.334 e. The maximum absolute atomic E-state index is 13.6. The van der Waals surface area contributed by atoms with E-state index in [9.17, 15) is 17.2 Å². The normalized spacial score (nSPS) is 11.8. The van der Waals surface area contributed by atoms with Crippen LogP contribution in [0.4, 0.5) is 14.5 Å². The average molecular weight is 323 g/mol. The summed E-state index contributed by atoms with van der Waals surface area (Å²) >= 11 is 0. The molecule has 8 heteroatoms. The monoisotopic (exact) mass is 323 g/mol. The van der Waals surface area contributed by atoms with Gasteiger partial charge in [-0.15, -0.1) is 0 Å². The molecule has 0 amide bonds. The largest absolute Gasteiger partial charge is 0.334 e. The zero-order valence-corrected chi connectivity index (χ0v) is 12.2. The molecule has 0 spiro atoms. The van der Waals surface area contributed by atoms with E-state index in [1.165, 1.54) is 12.1 Å². The van der Waals surface area contributed by atoms with E-state index in [0.29, 0.717) is 11.6 Å². The third-order valence-corrected chi connectivity index (χ3v) is 4.55. The summed E-state index contributed by atoms with van der Waals surface area (Å²) in [6.45, 7) is 0. The van der Waals surface area contributed by atoms with Crippen molar-refractivity contribution in [2.45, 2.75) is 4.90 Å². The number of anilines is 1. The van der Waals surface area contributed by atoms with E-state index in [1.807, 2.05) is 0 Å². The molecule has 2 aromatic carbocycles. The Labute approximate surface area is 125 Å². The first kappa shape index (κ1) is 14.5. The van der Waals surface area contributed by atoms with Gasteiger partial charge in [0.25, 0.3) is 10.0 Å². The molecule has 3 rings (SSSR count). The van der Waals surface area contributed by atoms with Gasteiger partial charge in [0.1, 0.15) is 11.6 Å². The smallest absolute Gasteiger partial charge is 0.262 e. The molecule has 0 aliphatic heterocycles. The highest BCUT2D eigenvalue weighted by Gasteiger charge is 2.17. The lowest BCUT2D eigenvalue weighted by Crippen LogP contribution is -2.14. The number of rotatable bonds is 3. The summed E-state index contributed by atoms with van der Waals surface area (Å²) in [6, 6.07) is 7.01. The highest BCUT2D eigenvalue weighted by molar-refractivity contribution is 7.92. The number of fused-ring (bicyclic) bond motifs is 1. The highest BCUT2D eigenvalue weighted by atomic mass is 32.2. The lowest BCUT2D eigenvalue weighted by atomic mass is 10.3. The topological polar surface area (TPSA) is 64.0 Å². The lowest BCUT2D eigenvalue weighted by Gasteiger charge is -2.09. The summed E-state index contributed by atoms with van der Waals surface area (Å²) in [5.74, 6) is -1.77. The molecule has 3 aromatic rings. The van der Waals surface area contributed by atoms with Crippen molar-refractivity contribution in [3.05, 3.63) is 54.4 Å². The zero-order chi connectivity index (χ0) is 15.9. The molecule has 0 saturated heterocycles. The summed E-state index contributed by atoms with van der Waals surface area (Å²) in [5.41, 5.74) is 0.958. The fraction of sp³-hybridized carbons (Fsp3) is 0.0714. The molecule has 0 fully saturated rings. The van der Waals surface area contributed by atoms with Crippen LogP contribution < -0.4 is 4.72 Å². The fourth-order valence-electron chi connectivity index (χ4n) is 2.06. The first-order chi connectivity index (χ1) is 10.4. The second-order valence-electron chi connectivity index (χ2n) is 4.74. The zero-order valence-electron chi connectivity index (χ0n) is 11.4. The Morgan fingerprint density at radius 2 is 1.91 bits per heavy atom. The molecule has 0 atom stereocenters. The third-order valence-electron chi connectivity index (χ3n) is 3.18. The molecule has 0 saturated carbocycles. The number of nitrogens with one attached hydrogen (secondary N) is 1. The Morgan fingerprint density at radius 3 is 2.64 bits per heavy atom. The Kier molecular flexibility index (Phi) is 3.32. The van der Waals surface area contributed by atoms with Gasteiger partial charge in [-0.2, -0.15) is 0 Å². The number of aryl methyl sites for hydroxylation is 1. The van der Waals surface area contributed by atoms with Crippen LogP contribution in [0.1, 0.15) is 0 Å². The van der Waals surface area contributed by atoms with Crippen LogP contribution in [0.15, 0.2) is 47.6 Å². The molecular weight excluding hydrogens is 312 g/mol. The van der Waals surface area contributed by atoms with Crippen LogP contribution in [0, 0.1) is 11.6 Å². The van der Waals surface area contributed by atoms with E-state index in [1.54, 1.807) is 24.0 Å². The number of nitrogens with zero attached hydrogens (tertiary/aromatic N) is 2. The first-order valence-corrected chi connectivity index (χ1v) is 7.74. The van der Waals surface area contributed by atoms with E-state index in [0.717, 1.165) is 17.6 Å². The van der Waals surface area contributed by atoms with Crippen molar-refractivity contribution in [2.24, 2.45) is 7.05 Å². The van der Waals surface area contributed by atoms with E-state index in [2.05, 4.69) is 9.71 Å². The second-order valence-corrected chi connectivity index (χ2v) is 6.42. The third kappa shape index (κ3) is 2.52. The number of halogens is 2. The van der Waals surface area contributed by atoms with Crippen molar-refractivity contribution in [3.8, 4) is 0 Å². The van der Waals surface area contributed by atoms with Gasteiger partial charge in [-0.1, -0.05) is 0 Å². The standard InChI is InChI=1S/C14H11F2N3O2S/c1-19-8-17-13-7-10(3-5-14(13)19)22(20,21)18-12-4-2-9(15)6-11(12)16/h2-8,18H,1H3. The van der Waals surface area contributed by atoms with Crippen LogP contribution in [0.25, 0.3) is 11.0 Å². The second kappa shape index (κ2) is 5.06. The number of imidazole rings is 1. The Bertz CT molecular complexity index is 967. The van der Waals surface area contributed by atoms with Crippen LogP contribution in [0.2, 0.25) is 0 Å². The van der Waals surface area contributed by atoms with Gasteiger partial charge in [0, 0.05) is 13.1 Å². The molecule has 1 heterocycles. The van der Waals surface area contributed by atoms with Crippen LogP contribution in [0.5, 0.6) is 0 Å². The minimum absolute atomic E-state index is 0.0533. The number of hydrogen-bond donors (Lipinski definition) is 1. The van der Waals surface area contributed by atoms with Crippen molar-refractivity contribution in [3.63, 3.8) is 0 Å². The molecule has 0 radical (unpaired) electrons. The van der Waals surface area contributed by atoms with Gasteiger partial charge in [0.15, 0.2) is 0 Å². The highest BCUT2D eigenvalue weighted by Crippen LogP contribution is 2.22. The minimum atomic E-state index is -3.99. The summed E-state index contributed by atoms with van der Waals surface area (Å²) in [5, 5.41) is 0. The van der Waals surface area contributed by atoms with E-state index in [4.69, 9.17) is 0 Å². The summed E-state index contributed by atoms with van der Waals surface area (Å²) in [4.78, 5) is 4.02. The summed E-state index contributed by atoms with van der Waals surface area (Å²) in [6.07, 6.45) is 1.56. The van der Waals surface area contributed by atoms with Gasteiger partial charge < -0.3 is 4.57 Å². The van der Waals surface area contributed by atoms with Gasteiger partial charge in [0.2, 0.25) is 0 Å². The van der Waals surface area contributed by atoms with Crippen LogP contribution in [-0.2, 0) is 17.1 Å².